The number of benzene rings is 1. The van der Waals surface area contributed by atoms with Crippen molar-refractivity contribution in [1.29, 1.82) is 0 Å². The normalized spacial score (nSPS) is 20.6. The quantitative estimate of drug-likeness (QED) is 0.877. The molecule has 2 aliphatic carbocycles. The van der Waals surface area contributed by atoms with E-state index in [-0.39, 0.29) is 18.1 Å². The van der Waals surface area contributed by atoms with Gasteiger partial charge in [-0.15, -0.1) is 0 Å². The molecule has 132 valence electrons. The molecule has 1 heterocycles. The number of carbonyl (C=O) groups is 1. The van der Waals surface area contributed by atoms with Crippen LogP contribution in [0.3, 0.4) is 0 Å². The van der Waals surface area contributed by atoms with Gasteiger partial charge in [-0.1, -0.05) is 30.3 Å². The first-order valence-corrected chi connectivity index (χ1v) is 9.34. The lowest BCUT2D eigenvalue weighted by atomic mass is 9.94. The number of aromatic amines is 1. The second-order valence-corrected chi connectivity index (χ2v) is 7.45. The fraction of sp³-hybridized carbons (Fsp3) is 0.500. The van der Waals surface area contributed by atoms with Crippen molar-refractivity contribution in [2.75, 3.05) is 6.54 Å². The van der Waals surface area contributed by atoms with E-state index in [1.807, 2.05) is 29.3 Å². The predicted molar refractivity (Wildman–Crippen MR) is 97.2 cm³/mol. The Morgan fingerprint density at radius 3 is 2.88 bits per heavy atom. The zero-order chi connectivity index (χ0) is 17.2. The van der Waals surface area contributed by atoms with Crippen molar-refractivity contribution in [3.05, 3.63) is 53.3 Å². The number of hydrogen-bond donors (Lipinski definition) is 2. The fourth-order valence-electron chi connectivity index (χ4n) is 3.70. The number of nitrogens with zero attached hydrogens (tertiary/aromatic N) is 2. The third-order valence-corrected chi connectivity index (χ3v) is 5.51. The lowest BCUT2D eigenvalue weighted by Gasteiger charge is -2.32. The van der Waals surface area contributed by atoms with Crippen LogP contribution in [0.4, 0.5) is 4.79 Å². The lowest BCUT2D eigenvalue weighted by molar-refractivity contribution is 0.171. The molecular weight excluding hydrogens is 312 g/mol. The molecule has 0 unspecified atom stereocenters. The minimum Gasteiger partial charge on any atom is -0.335 e. The molecule has 4 rings (SSSR count). The molecule has 5 nitrogen and oxygen atoms in total. The molecule has 0 aliphatic heterocycles. The van der Waals surface area contributed by atoms with Crippen molar-refractivity contribution >= 4 is 6.03 Å². The van der Waals surface area contributed by atoms with Crippen LogP contribution >= 0.6 is 0 Å². The molecule has 25 heavy (non-hydrogen) atoms. The van der Waals surface area contributed by atoms with Crippen LogP contribution in [0.2, 0.25) is 0 Å². The Balaban J connectivity index is 1.44. The second kappa shape index (κ2) is 6.90. The van der Waals surface area contributed by atoms with Crippen molar-refractivity contribution in [3.8, 4) is 0 Å². The van der Waals surface area contributed by atoms with Gasteiger partial charge in [0, 0.05) is 18.3 Å². The number of fused-ring (bicyclic) bond motifs is 1. The highest BCUT2D eigenvalue weighted by Gasteiger charge is 2.31. The number of H-pyrrole nitrogens is 1. The van der Waals surface area contributed by atoms with E-state index in [1.165, 1.54) is 29.7 Å². The molecule has 2 amide bonds. The van der Waals surface area contributed by atoms with Gasteiger partial charge in [-0.25, -0.2) is 4.79 Å². The van der Waals surface area contributed by atoms with E-state index in [0.29, 0.717) is 5.92 Å². The second-order valence-electron chi connectivity index (χ2n) is 7.45. The van der Waals surface area contributed by atoms with Gasteiger partial charge in [-0.3, -0.25) is 5.10 Å². The van der Waals surface area contributed by atoms with E-state index in [0.717, 1.165) is 25.8 Å². The zero-order valence-electron chi connectivity index (χ0n) is 14.7. The van der Waals surface area contributed by atoms with Crippen molar-refractivity contribution in [2.45, 2.75) is 51.1 Å². The molecule has 0 saturated heterocycles. The average Bonchev–Trinajstić information content (AvgIpc) is 3.34. The Kier molecular flexibility index (Phi) is 4.47. The van der Waals surface area contributed by atoms with Gasteiger partial charge < -0.3 is 10.2 Å². The van der Waals surface area contributed by atoms with E-state index in [4.69, 9.17) is 0 Å². The maximum absolute atomic E-state index is 13.0. The Morgan fingerprint density at radius 2 is 2.12 bits per heavy atom. The number of aromatic nitrogens is 2. The Labute approximate surface area is 148 Å². The van der Waals surface area contributed by atoms with Crippen molar-refractivity contribution in [1.82, 2.24) is 20.4 Å². The maximum atomic E-state index is 13.0. The molecule has 1 fully saturated rings. The standard InChI is InChI=1S/C20H26N4O/c1-14(16-5-3-2-4-6-16)24(13-15-7-8-15)20(25)22-18-9-10-19-17(11-18)12-21-23-19/h2-6,12,14-15,18H,7-11,13H2,1H3,(H,21,23)(H,22,25)/t14-,18-/m1/s1. The van der Waals surface area contributed by atoms with E-state index in [9.17, 15) is 4.79 Å². The molecule has 1 aromatic heterocycles. The van der Waals surface area contributed by atoms with Gasteiger partial charge in [0.05, 0.1) is 12.2 Å². The molecule has 1 saturated carbocycles. The third kappa shape index (κ3) is 3.70. The molecule has 5 heteroatoms. The van der Waals surface area contributed by atoms with Gasteiger partial charge >= 0.3 is 6.03 Å². The first-order chi connectivity index (χ1) is 12.2. The summed E-state index contributed by atoms with van der Waals surface area (Å²) in [6.45, 7) is 2.98. The number of hydrogen-bond acceptors (Lipinski definition) is 2. The number of aryl methyl sites for hydroxylation is 1. The predicted octanol–water partition coefficient (Wildman–Crippen LogP) is 3.45. The minimum atomic E-state index is 0.0696. The summed E-state index contributed by atoms with van der Waals surface area (Å²) >= 11 is 0. The summed E-state index contributed by atoms with van der Waals surface area (Å²) in [5, 5.41) is 10.5. The molecule has 2 aromatic rings. The summed E-state index contributed by atoms with van der Waals surface area (Å²) in [4.78, 5) is 15.1. The third-order valence-electron chi connectivity index (χ3n) is 5.51. The number of carbonyl (C=O) groups excluding carboxylic acids is 1. The molecule has 0 spiro atoms. The smallest absolute Gasteiger partial charge is 0.318 e. The summed E-state index contributed by atoms with van der Waals surface area (Å²) < 4.78 is 0. The van der Waals surface area contributed by atoms with Gasteiger partial charge in [0.25, 0.3) is 0 Å². The number of nitrogens with one attached hydrogen (secondary N) is 2. The van der Waals surface area contributed by atoms with Crippen molar-refractivity contribution in [3.63, 3.8) is 0 Å². The Morgan fingerprint density at radius 1 is 1.32 bits per heavy atom. The monoisotopic (exact) mass is 338 g/mol. The van der Waals surface area contributed by atoms with Gasteiger partial charge in [0.2, 0.25) is 0 Å². The van der Waals surface area contributed by atoms with E-state index >= 15 is 0 Å². The largest absolute Gasteiger partial charge is 0.335 e. The topological polar surface area (TPSA) is 61.0 Å². The molecule has 0 bridgehead atoms. The van der Waals surface area contributed by atoms with E-state index in [1.54, 1.807) is 0 Å². The SMILES string of the molecule is C[C@H](c1ccccc1)N(CC1CC1)C(=O)N[C@@H]1CCc2[nH]ncc2C1. The highest BCUT2D eigenvalue weighted by atomic mass is 16.2. The summed E-state index contributed by atoms with van der Waals surface area (Å²) in [5.41, 5.74) is 3.65. The minimum absolute atomic E-state index is 0.0696. The molecule has 0 radical (unpaired) electrons. The average molecular weight is 338 g/mol. The number of amides is 2. The summed E-state index contributed by atoms with van der Waals surface area (Å²) in [6.07, 6.45) is 7.17. The van der Waals surface area contributed by atoms with Crippen LogP contribution in [-0.2, 0) is 12.8 Å². The molecule has 2 atom stereocenters. The van der Waals surface area contributed by atoms with E-state index < -0.39 is 0 Å². The Bertz CT molecular complexity index is 722. The molecule has 2 N–H and O–H groups in total. The van der Waals surface area contributed by atoms with Gasteiger partial charge in [0.1, 0.15) is 0 Å². The highest BCUT2D eigenvalue weighted by Crippen LogP contribution is 2.33. The van der Waals surface area contributed by atoms with Gasteiger partial charge in [-0.2, -0.15) is 5.10 Å². The fourth-order valence-corrected chi connectivity index (χ4v) is 3.70. The summed E-state index contributed by atoms with van der Waals surface area (Å²) in [6, 6.07) is 10.7. The molecule has 2 aliphatic rings. The molecular formula is C20H26N4O. The van der Waals surface area contributed by atoms with Crippen molar-refractivity contribution in [2.24, 2.45) is 5.92 Å². The first-order valence-electron chi connectivity index (χ1n) is 9.34. The van der Waals surface area contributed by atoms with Crippen LogP contribution in [0.1, 0.15) is 49.0 Å². The Hall–Kier alpha value is -2.30. The van der Waals surface area contributed by atoms with Crippen molar-refractivity contribution < 1.29 is 4.79 Å². The number of urea groups is 1. The summed E-state index contributed by atoms with van der Waals surface area (Å²) in [7, 11) is 0. The summed E-state index contributed by atoms with van der Waals surface area (Å²) in [5.74, 6) is 0.670. The lowest BCUT2D eigenvalue weighted by Crippen LogP contribution is -2.48. The first kappa shape index (κ1) is 16.2. The highest BCUT2D eigenvalue weighted by molar-refractivity contribution is 5.75. The van der Waals surface area contributed by atoms with Crippen LogP contribution in [-0.4, -0.2) is 33.7 Å². The maximum Gasteiger partial charge on any atom is 0.318 e. The van der Waals surface area contributed by atoms with Crippen LogP contribution in [0.15, 0.2) is 36.5 Å². The van der Waals surface area contributed by atoms with Gasteiger partial charge in [-0.05, 0) is 56.1 Å². The van der Waals surface area contributed by atoms with Gasteiger partial charge in [0.15, 0.2) is 0 Å². The van der Waals surface area contributed by atoms with Crippen LogP contribution in [0, 0.1) is 5.92 Å². The molecule has 1 aromatic carbocycles. The van der Waals surface area contributed by atoms with Crippen LogP contribution in [0.5, 0.6) is 0 Å². The van der Waals surface area contributed by atoms with Crippen LogP contribution in [0.25, 0.3) is 0 Å². The number of rotatable bonds is 5. The van der Waals surface area contributed by atoms with Crippen LogP contribution < -0.4 is 5.32 Å². The zero-order valence-corrected chi connectivity index (χ0v) is 14.7. The van der Waals surface area contributed by atoms with E-state index in [2.05, 4.69) is 34.6 Å².